The van der Waals surface area contributed by atoms with Crippen molar-refractivity contribution in [2.75, 3.05) is 18.0 Å². The molecule has 0 aliphatic carbocycles. The molecule has 0 spiro atoms. The van der Waals surface area contributed by atoms with Gasteiger partial charge < -0.3 is 10.6 Å². The molecule has 2 rings (SSSR count). The molecule has 0 radical (unpaired) electrons. The zero-order valence-electron chi connectivity index (χ0n) is 12.9. The zero-order valence-corrected chi connectivity index (χ0v) is 12.9. The summed E-state index contributed by atoms with van der Waals surface area (Å²) in [5.74, 6) is 1.58. The van der Waals surface area contributed by atoms with Gasteiger partial charge in [0, 0.05) is 30.3 Å². The van der Waals surface area contributed by atoms with Gasteiger partial charge in [0.15, 0.2) is 5.82 Å². The van der Waals surface area contributed by atoms with Crippen molar-refractivity contribution in [3.8, 4) is 0 Å². The maximum atomic E-state index is 7.44. The Kier molecular flexibility index (Phi) is 4.73. The van der Waals surface area contributed by atoms with Gasteiger partial charge in [-0.2, -0.15) is 5.10 Å². The maximum Gasteiger partial charge on any atom is 0.159 e. The summed E-state index contributed by atoms with van der Waals surface area (Å²) < 4.78 is 0. The largest absolute Gasteiger partial charge is 0.388 e. The molecule has 112 valence electrons. The molecule has 5 nitrogen and oxygen atoms in total. The van der Waals surface area contributed by atoms with Crippen LogP contribution in [0.5, 0.6) is 0 Å². The Morgan fingerprint density at radius 3 is 2.52 bits per heavy atom. The van der Waals surface area contributed by atoms with E-state index in [1.165, 1.54) is 0 Å². The molecule has 0 unspecified atom stereocenters. The molecule has 1 aromatic heterocycles. The summed E-state index contributed by atoms with van der Waals surface area (Å²) in [5, 5.41) is 18.4. The molecular formula is C16H23N5. The van der Waals surface area contributed by atoms with Crippen LogP contribution >= 0.6 is 0 Å². The lowest BCUT2D eigenvalue weighted by atomic mass is 10.1. The number of benzene rings is 1. The molecule has 0 amide bonds. The molecule has 0 fully saturated rings. The first-order valence-electron chi connectivity index (χ1n) is 7.29. The van der Waals surface area contributed by atoms with E-state index in [4.69, 9.17) is 11.1 Å². The first-order chi connectivity index (χ1) is 9.99. The van der Waals surface area contributed by atoms with E-state index in [1.807, 2.05) is 19.1 Å². The number of nitrogens with two attached hydrogens (primary N) is 1. The standard InChI is InChI=1S/C16H23N5/c1-11(2)10-21(9-8-15(17)18)16-14-7-5-4-6-13(14)12(3)19-20-16/h4-7,11H,8-10H2,1-3H3,(H3,17,18). The van der Waals surface area contributed by atoms with Crippen molar-refractivity contribution in [1.82, 2.24) is 10.2 Å². The van der Waals surface area contributed by atoms with Crippen molar-refractivity contribution < 1.29 is 0 Å². The third-order valence-electron chi connectivity index (χ3n) is 3.39. The number of aryl methyl sites for hydroxylation is 1. The first-order valence-corrected chi connectivity index (χ1v) is 7.29. The van der Waals surface area contributed by atoms with E-state index < -0.39 is 0 Å². The lowest BCUT2D eigenvalue weighted by Gasteiger charge is -2.26. The van der Waals surface area contributed by atoms with Gasteiger partial charge in [-0.1, -0.05) is 38.1 Å². The van der Waals surface area contributed by atoms with Gasteiger partial charge in [0.1, 0.15) is 0 Å². The van der Waals surface area contributed by atoms with Crippen LogP contribution in [-0.4, -0.2) is 29.1 Å². The Balaban J connectivity index is 2.43. The lowest BCUT2D eigenvalue weighted by molar-refractivity contribution is 0.607. The topological polar surface area (TPSA) is 78.9 Å². The van der Waals surface area contributed by atoms with Crippen LogP contribution in [0.15, 0.2) is 24.3 Å². The van der Waals surface area contributed by atoms with Crippen LogP contribution < -0.4 is 10.6 Å². The minimum Gasteiger partial charge on any atom is -0.388 e. The van der Waals surface area contributed by atoms with Gasteiger partial charge in [-0.05, 0) is 12.8 Å². The van der Waals surface area contributed by atoms with Gasteiger partial charge in [0.2, 0.25) is 0 Å². The quantitative estimate of drug-likeness (QED) is 0.632. The second-order valence-corrected chi connectivity index (χ2v) is 5.77. The van der Waals surface area contributed by atoms with Gasteiger partial charge in [-0.15, -0.1) is 5.10 Å². The van der Waals surface area contributed by atoms with Crippen molar-refractivity contribution in [1.29, 1.82) is 5.41 Å². The molecule has 0 saturated carbocycles. The first kappa shape index (κ1) is 15.2. The summed E-state index contributed by atoms with van der Waals surface area (Å²) in [5.41, 5.74) is 6.44. The fraction of sp³-hybridized carbons (Fsp3) is 0.438. The van der Waals surface area contributed by atoms with Crippen LogP contribution in [0.4, 0.5) is 5.82 Å². The molecule has 2 aromatic rings. The maximum absolute atomic E-state index is 7.44. The fourth-order valence-electron chi connectivity index (χ4n) is 2.44. The van der Waals surface area contributed by atoms with E-state index in [2.05, 4.69) is 41.1 Å². The van der Waals surface area contributed by atoms with E-state index in [0.717, 1.165) is 28.8 Å². The molecule has 3 N–H and O–H groups in total. The highest BCUT2D eigenvalue weighted by molar-refractivity contribution is 5.93. The van der Waals surface area contributed by atoms with Gasteiger partial charge in [0.05, 0.1) is 11.5 Å². The number of nitrogens with zero attached hydrogens (tertiary/aromatic N) is 3. The number of aromatic nitrogens is 2. The van der Waals surface area contributed by atoms with Crippen molar-refractivity contribution >= 4 is 22.4 Å². The third kappa shape index (κ3) is 3.68. The Morgan fingerprint density at radius 2 is 1.90 bits per heavy atom. The number of amidine groups is 1. The number of hydrogen-bond donors (Lipinski definition) is 2. The van der Waals surface area contributed by atoms with E-state index in [-0.39, 0.29) is 5.84 Å². The minimum absolute atomic E-state index is 0.202. The van der Waals surface area contributed by atoms with E-state index in [1.54, 1.807) is 0 Å². The van der Waals surface area contributed by atoms with E-state index in [9.17, 15) is 0 Å². The van der Waals surface area contributed by atoms with Crippen LogP contribution in [-0.2, 0) is 0 Å². The summed E-state index contributed by atoms with van der Waals surface area (Å²) in [4.78, 5) is 2.18. The number of hydrogen-bond acceptors (Lipinski definition) is 4. The smallest absolute Gasteiger partial charge is 0.159 e. The van der Waals surface area contributed by atoms with Gasteiger partial charge in [-0.3, -0.25) is 5.41 Å². The second kappa shape index (κ2) is 6.52. The number of nitrogens with one attached hydrogen (secondary N) is 1. The van der Waals surface area contributed by atoms with Gasteiger partial charge in [-0.25, -0.2) is 0 Å². The Hall–Kier alpha value is -2.17. The van der Waals surface area contributed by atoms with Crippen LogP contribution in [0, 0.1) is 18.3 Å². The molecule has 0 bridgehead atoms. The molecule has 1 aromatic carbocycles. The lowest BCUT2D eigenvalue weighted by Crippen LogP contribution is -2.32. The summed E-state index contributed by atoms with van der Waals surface area (Å²) in [6, 6.07) is 8.18. The highest BCUT2D eigenvalue weighted by Crippen LogP contribution is 2.26. The number of rotatable bonds is 6. The Morgan fingerprint density at radius 1 is 1.24 bits per heavy atom. The molecule has 1 heterocycles. The molecule has 5 heteroatoms. The molecule has 0 atom stereocenters. The summed E-state index contributed by atoms with van der Waals surface area (Å²) in [7, 11) is 0. The highest BCUT2D eigenvalue weighted by atomic mass is 15.3. The predicted molar refractivity (Wildman–Crippen MR) is 87.9 cm³/mol. The van der Waals surface area contributed by atoms with Crippen LogP contribution in [0.3, 0.4) is 0 Å². The zero-order chi connectivity index (χ0) is 15.4. The van der Waals surface area contributed by atoms with Crippen molar-refractivity contribution in [2.24, 2.45) is 11.7 Å². The van der Waals surface area contributed by atoms with Crippen LogP contribution in [0.1, 0.15) is 26.0 Å². The summed E-state index contributed by atoms with van der Waals surface area (Å²) in [6.07, 6.45) is 0.538. The van der Waals surface area contributed by atoms with Crippen molar-refractivity contribution in [3.63, 3.8) is 0 Å². The fourth-order valence-corrected chi connectivity index (χ4v) is 2.44. The van der Waals surface area contributed by atoms with E-state index in [0.29, 0.717) is 18.9 Å². The van der Waals surface area contributed by atoms with Crippen molar-refractivity contribution in [2.45, 2.75) is 27.2 Å². The van der Waals surface area contributed by atoms with Crippen molar-refractivity contribution in [3.05, 3.63) is 30.0 Å². The Labute approximate surface area is 125 Å². The number of fused-ring (bicyclic) bond motifs is 1. The molecular weight excluding hydrogens is 262 g/mol. The molecule has 0 aliphatic heterocycles. The monoisotopic (exact) mass is 285 g/mol. The minimum atomic E-state index is 0.202. The summed E-state index contributed by atoms with van der Waals surface area (Å²) >= 11 is 0. The normalized spacial score (nSPS) is 11.0. The third-order valence-corrected chi connectivity index (χ3v) is 3.39. The molecule has 0 aliphatic rings. The predicted octanol–water partition coefficient (Wildman–Crippen LogP) is 2.73. The van der Waals surface area contributed by atoms with Crippen LogP contribution in [0.2, 0.25) is 0 Å². The Bertz CT molecular complexity index is 636. The SMILES string of the molecule is Cc1nnc(N(CCC(=N)N)CC(C)C)c2ccccc12. The average molecular weight is 285 g/mol. The van der Waals surface area contributed by atoms with Gasteiger partial charge >= 0.3 is 0 Å². The van der Waals surface area contributed by atoms with Crippen LogP contribution in [0.25, 0.3) is 10.8 Å². The molecule has 21 heavy (non-hydrogen) atoms. The van der Waals surface area contributed by atoms with E-state index >= 15 is 0 Å². The second-order valence-electron chi connectivity index (χ2n) is 5.77. The highest BCUT2D eigenvalue weighted by Gasteiger charge is 2.15. The number of anilines is 1. The summed E-state index contributed by atoms with van der Waals surface area (Å²) in [6.45, 7) is 7.88. The van der Waals surface area contributed by atoms with Gasteiger partial charge in [0.25, 0.3) is 0 Å². The average Bonchev–Trinajstić information content (AvgIpc) is 2.44. The molecule has 0 saturated heterocycles.